The Balaban J connectivity index is 1.29. The zero-order valence-corrected chi connectivity index (χ0v) is 20.3. The highest BCUT2D eigenvalue weighted by Crippen LogP contribution is 2.24. The minimum atomic E-state index is -0.687. The summed E-state index contributed by atoms with van der Waals surface area (Å²) in [5, 5.41) is 7.63. The molecule has 2 aromatic heterocycles. The van der Waals surface area contributed by atoms with Gasteiger partial charge in [-0.3, -0.25) is 0 Å². The van der Waals surface area contributed by atoms with Crippen LogP contribution in [0.4, 0.5) is 4.79 Å². The molecule has 11 heteroatoms. The van der Waals surface area contributed by atoms with Gasteiger partial charge in [0.05, 0.1) is 37.8 Å². The van der Waals surface area contributed by atoms with E-state index >= 15 is 0 Å². The lowest BCUT2D eigenvalue weighted by Crippen LogP contribution is -2.28. The summed E-state index contributed by atoms with van der Waals surface area (Å²) in [6.07, 6.45) is 2.64. The van der Waals surface area contributed by atoms with E-state index < -0.39 is 18.0 Å². The summed E-state index contributed by atoms with van der Waals surface area (Å²) in [6.45, 7) is 0. The van der Waals surface area contributed by atoms with E-state index in [2.05, 4.69) is 21.1 Å². The molecule has 2 aromatic carbocycles. The molecule has 2 amide bonds. The van der Waals surface area contributed by atoms with Crippen LogP contribution < -0.4 is 10.9 Å². The fourth-order valence-corrected chi connectivity index (χ4v) is 3.32. The number of urea groups is 1. The largest absolute Gasteiger partial charge is 0.465 e. The molecule has 0 fully saturated rings. The van der Waals surface area contributed by atoms with Crippen molar-refractivity contribution >= 4 is 30.4 Å². The lowest BCUT2D eigenvalue weighted by molar-refractivity contribution is 0.0592. The number of carbonyl (C=O) groups is 3. The summed E-state index contributed by atoms with van der Waals surface area (Å²) < 4.78 is 20.8. The summed E-state index contributed by atoms with van der Waals surface area (Å²) in [5.41, 5.74) is 6.69. The minimum Gasteiger partial charge on any atom is -0.465 e. The first-order valence-corrected chi connectivity index (χ1v) is 11.2. The van der Waals surface area contributed by atoms with Gasteiger partial charge in [0, 0.05) is 11.1 Å². The van der Waals surface area contributed by atoms with E-state index in [4.69, 9.17) is 18.3 Å². The monoisotopic (exact) mass is 514 g/mol. The zero-order valence-electron chi connectivity index (χ0n) is 20.3. The third-order valence-electron chi connectivity index (χ3n) is 5.11. The number of methoxy groups -OCH3 is 2. The third-order valence-corrected chi connectivity index (χ3v) is 5.11. The van der Waals surface area contributed by atoms with Crippen LogP contribution in [-0.4, -0.2) is 44.6 Å². The highest BCUT2D eigenvalue weighted by Gasteiger charge is 2.10. The van der Waals surface area contributed by atoms with Crippen molar-refractivity contribution in [1.29, 1.82) is 0 Å². The number of rotatable bonds is 8. The molecule has 2 heterocycles. The second-order valence-corrected chi connectivity index (χ2v) is 7.62. The fraction of sp³-hybridized carbons (Fsp3) is 0.0741. The SMILES string of the molecule is COC(=O)c1cccc(-c2ccc(/C=N\NC(=O)N/N=C/c3ccc(-c4cccc(C(=O)OC)c4)o3)o2)c1. The predicted molar refractivity (Wildman–Crippen MR) is 138 cm³/mol. The number of hydrogen-bond donors (Lipinski definition) is 2. The topological polar surface area (TPSA) is 145 Å². The van der Waals surface area contributed by atoms with Crippen molar-refractivity contribution in [2.24, 2.45) is 10.2 Å². The molecule has 0 radical (unpaired) electrons. The van der Waals surface area contributed by atoms with Crippen LogP contribution in [0.5, 0.6) is 0 Å². The van der Waals surface area contributed by atoms with Gasteiger partial charge in [-0.25, -0.2) is 25.2 Å². The van der Waals surface area contributed by atoms with E-state index in [0.29, 0.717) is 45.3 Å². The van der Waals surface area contributed by atoms with Crippen molar-refractivity contribution in [3.63, 3.8) is 0 Å². The van der Waals surface area contributed by atoms with E-state index in [1.807, 2.05) is 0 Å². The standard InChI is InChI=1S/C27H22N4O7/c1-35-25(32)19-7-3-5-17(13-19)23-11-9-21(37-23)15-28-30-27(34)31-29-16-22-10-12-24(38-22)18-6-4-8-20(14-18)26(33)36-2/h3-16H,1-2H3,(H2,30,31,34)/b28-15-,29-16+. The summed E-state index contributed by atoms with van der Waals surface area (Å²) in [4.78, 5) is 35.4. The molecular formula is C27H22N4O7. The number of hydrazone groups is 2. The third kappa shape index (κ3) is 6.40. The van der Waals surface area contributed by atoms with Crippen LogP contribution in [0.1, 0.15) is 32.2 Å². The van der Waals surface area contributed by atoms with Crippen LogP contribution in [0, 0.1) is 0 Å². The molecule has 0 saturated carbocycles. The maximum atomic E-state index is 11.9. The number of benzene rings is 2. The molecule has 0 aliphatic carbocycles. The number of nitrogens with zero attached hydrogens (tertiary/aromatic N) is 2. The molecule has 192 valence electrons. The number of amides is 2. The Kier molecular flexibility index (Phi) is 8.09. The molecule has 0 spiro atoms. The molecule has 0 bridgehead atoms. The molecule has 2 N–H and O–H groups in total. The van der Waals surface area contributed by atoms with Gasteiger partial charge in [-0.1, -0.05) is 24.3 Å². The van der Waals surface area contributed by atoms with Crippen molar-refractivity contribution in [3.05, 3.63) is 95.4 Å². The van der Waals surface area contributed by atoms with Crippen LogP contribution in [0.3, 0.4) is 0 Å². The van der Waals surface area contributed by atoms with Gasteiger partial charge in [0.15, 0.2) is 0 Å². The first kappa shape index (κ1) is 25.6. The highest BCUT2D eigenvalue weighted by molar-refractivity contribution is 5.91. The number of nitrogens with one attached hydrogen (secondary N) is 2. The van der Waals surface area contributed by atoms with E-state index in [0.717, 1.165) is 0 Å². The van der Waals surface area contributed by atoms with Gasteiger partial charge >= 0.3 is 18.0 Å². The van der Waals surface area contributed by atoms with Gasteiger partial charge in [-0.15, -0.1) is 0 Å². The summed E-state index contributed by atoms with van der Waals surface area (Å²) in [5.74, 6) is 0.896. The van der Waals surface area contributed by atoms with Gasteiger partial charge in [-0.05, 0) is 48.5 Å². The van der Waals surface area contributed by atoms with E-state index in [1.165, 1.54) is 26.6 Å². The molecular weight excluding hydrogens is 492 g/mol. The lowest BCUT2D eigenvalue weighted by Gasteiger charge is -2.01. The molecule has 11 nitrogen and oxygen atoms in total. The lowest BCUT2D eigenvalue weighted by atomic mass is 10.1. The second kappa shape index (κ2) is 12.0. The van der Waals surface area contributed by atoms with Crippen molar-refractivity contribution in [2.75, 3.05) is 14.2 Å². The number of esters is 2. The fourth-order valence-electron chi connectivity index (χ4n) is 3.32. The van der Waals surface area contributed by atoms with E-state index in [1.54, 1.807) is 72.8 Å². The van der Waals surface area contributed by atoms with Gasteiger partial charge < -0.3 is 18.3 Å². The molecule has 4 aromatic rings. The molecule has 38 heavy (non-hydrogen) atoms. The number of carbonyl (C=O) groups excluding carboxylic acids is 3. The minimum absolute atomic E-state index is 0.381. The van der Waals surface area contributed by atoms with Crippen molar-refractivity contribution < 1.29 is 32.7 Å². The van der Waals surface area contributed by atoms with Gasteiger partial charge in [0.2, 0.25) is 0 Å². The normalized spacial score (nSPS) is 11.0. The average molecular weight is 514 g/mol. The number of ether oxygens (including phenoxy) is 2. The Morgan fingerprint density at radius 2 is 1.13 bits per heavy atom. The van der Waals surface area contributed by atoms with Crippen LogP contribution in [0.2, 0.25) is 0 Å². The Hall–Kier alpha value is -5.45. The summed E-state index contributed by atoms with van der Waals surface area (Å²) in [6, 6.07) is 19.7. The zero-order chi connectivity index (χ0) is 26.9. The first-order chi connectivity index (χ1) is 18.5. The summed E-state index contributed by atoms with van der Waals surface area (Å²) >= 11 is 0. The van der Waals surface area contributed by atoms with Gasteiger partial charge in [-0.2, -0.15) is 10.2 Å². The smallest absolute Gasteiger partial charge is 0.355 e. The molecule has 0 atom stereocenters. The van der Waals surface area contributed by atoms with Crippen LogP contribution in [0.25, 0.3) is 22.6 Å². The van der Waals surface area contributed by atoms with Crippen LogP contribution >= 0.6 is 0 Å². The molecule has 0 aliphatic rings. The molecule has 4 rings (SSSR count). The Bertz CT molecular complexity index is 1410. The van der Waals surface area contributed by atoms with Gasteiger partial charge in [0.25, 0.3) is 0 Å². The number of furan rings is 2. The van der Waals surface area contributed by atoms with Gasteiger partial charge in [0.1, 0.15) is 23.0 Å². The van der Waals surface area contributed by atoms with Crippen LogP contribution in [-0.2, 0) is 9.47 Å². The van der Waals surface area contributed by atoms with Crippen molar-refractivity contribution in [1.82, 2.24) is 10.9 Å². The first-order valence-electron chi connectivity index (χ1n) is 11.2. The highest BCUT2D eigenvalue weighted by atomic mass is 16.5. The molecule has 0 aliphatic heterocycles. The quantitative estimate of drug-likeness (QED) is 0.201. The Morgan fingerprint density at radius 3 is 1.55 bits per heavy atom. The molecule has 0 saturated heterocycles. The second-order valence-electron chi connectivity index (χ2n) is 7.62. The summed E-state index contributed by atoms with van der Waals surface area (Å²) in [7, 11) is 2.63. The predicted octanol–water partition coefficient (Wildman–Crippen LogP) is 4.45. The van der Waals surface area contributed by atoms with E-state index in [-0.39, 0.29) is 0 Å². The Labute approximate surface area is 216 Å². The van der Waals surface area contributed by atoms with E-state index in [9.17, 15) is 14.4 Å². The number of hydrogen-bond acceptors (Lipinski definition) is 9. The molecule has 0 unspecified atom stereocenters. The van der Waals surface area contributed by atoms with Crippen LogP contribution in [0.15, 0.2) is 91.8 Å². The maximum Gasteiger partial charge on any atom is 0.355 e. The Morgan fingerprint density at radius 1 is 0.684 bits per heavy atom. The average Bonchev–Trinajstić information content (AvgIpc) is 3.62. The maximum absolute atomic E-state index is 11.9. The van der Waals surface area contributed by atoms with Crippen molar-refractivity contribution in [3.8, 4) is 22.6 Å². The van der Waals surface area contributed by atoms with Crippen molar-refractivity contribution in [2.45, 2.75) is 0 Å².